The number of aryl methyl sites for hydroxylation is 1. The molecule has 9 nitrogen and oxygen atoms in total. The summed E-state index contributed by atoms with van der Waals surface area (Å²) in [5.74, 6) is -0.531. The Balaban J connectivity index is 1.28. The Kier molecular flexibility index (Phi) is 7.99. The molecule has 1 fully saturated rings. The van der Waals surface area contributed by atoms with Crippen molar-refractivity contribution >= 4 is 23.2 Å². The van der Waals surface area contributed by atoms with Crippen LogP contribution in [0.5, 0.6) is 5.75 Å². The van der Waals surface area contributed by atoms with Crippen molar-refractivity contribution in [3.63, 3.8) is 0 Å². The van der Waals surface area contributed by atoms with Gasteiger partial charge < -0.3 is 20.4 Å². The molecule has 0 bridgehead atoms. The van der Waals surface area contributed by atoms with Crippen LogP contribution in [0.4, 0.5) is 0 Å². The molecular formula is C30H33N5O4S. The van der Waals surface area contributed by atoms with Crippen LogP contribution in [0.1, 0.15) is 37.6 Å². The minimum Gasteiger partial charge on any atom is -0.508 e. The molecule has 3 N–H and O–H groups in total. The number of aromatic nitrogens is 3. The quantitative estimate of drug-likeness (QED) is 0.298. The van der Waals surface area contributed by atoms with Crippen molar-refractivity contribution < 1.29 is 19.8 Å². The first-order valence-corrected chi connectivity index (χ1v) is 14.2. The Hall–Kier alpha value is -4.02. The number of phenols is 1. The van der Waals surface area contributed by atoms with E-state index >= 15 is 0 Å². The number of phenolic OH excluding ortho intramolecular Hbond substituents is 1. The van der Waals surface area contributed by atoms with Gasteiger partial charge in [-0.25, -0.2) is 4.98 Å². The molecule has 10 heteroatoms. The summed E-state index contributed by atoms with van der Waals surface area (Å²) < 4.78 is 1.61. The van der Waals surface area contributed by atoms with E-state index in [2.05, 4.69) is 15.4 Å². The number of nitrogens with one attached hydrogen (secondary N) is 1. The molecule has 2 aromatic heterocycles. The molecule has 40 heavy (non-hydrogen) atoms. The number of aromatic hydroxyl groups is 1. The van der Waals surface area contributed by atoms with Gasteiger partial charge in [-0.15, -0.1) is 11.3 Å². The van der Waals surface area contributed by atoms with Crippen LogP contribution in [0.25, 0.3) is 21.6 Å². The molecule has 2 amide bonds. The van der Waals surface area contributed by atoms with Crippen LogP contribution in [0.2, 0.25) is 0 Å². The van der Waals surface area contributed by atoms with Crippen molar-refractivity contribution in [3.8, 4) is 27.3 Å². The number of thiazole rings is 1. The van der Waals surface area contributed by atoms with Gasteiger partial charge in [0.25, 0.3) is 0 Å². The van der Waals surface area contributed by atoms with Gasteiger partial charge in [0.15, 0.2) is 0 Å². The minimum atomic E-state index is -0.782. The molecule has 2 aromatic carbocycles. The van der Waals surface area contributed by atoms with Crippen LogP contribution < -0.4 is 5.32 Å². The zero-order valence-corrected chi connectivity index (χ0v) is 23.5. The molecule has 3 atom stereocenters. The number of likely N-dealkylation sites (tertiary alicyclic amines) is 1. The van der Waals surface area contributed by atoms with E-state index in [1.54, 1.807) is 46.6 Å². The highest BCUT2D eigenvalue weighted by molar-refractivity contribution is 7.13. The van der Waals surface area contributed by atoms with Gasteiger partial charge in [0.2, 0.25) is 11.8 Å². The number of benzene rings is 2. The minimum absolute atomic E-state index is 0.0870. The molecule has 0 radical (unpaired) electrons. The number of nitrogens with zero attached hydrogens (tertiary/aromatic N) is 4. The second-order valence-electron chi connectivity index (χ2n) is 10.5. The molecule has 0 spiro atoms. The third-order valence-electron chi connectivity index (χ3n) is 7.24. The fourth-order valence-corrected chi connectivity index (χ4v) is 5.98. The summed E-state index contributed by atoms with van der Waals surface area (Å²) in [6.45, 7) is 6.24. The molecule has 1 saturated heterocycles. The zero-order valence-electron chi connectivity index (χ0n) is 22.7. The maximum atomic E-state index is 13.8. The van der Waals surface area contributed by atoms with Crippen LogP contribution in [0.15, 0.2) is 66.4 Å². The summed E-state index contributed by atoms with van der Waals surface area (Å²) in [5, 5.41) is 27.7. The van der Waals surface area contributed by atoms with E-state index < -0.39 is 18.2 Å². The normalized spacial score (nSPS) is 17.8. The van der Waals surface area contributed by atoms with Crippen LogP contribution in [0, 0.1) is 12.8 Å². The summed E-state index contributed by atoms with van der Waals surface area (Å²) in [6.07, 6.45) is 2.83. The number of aliphatic hydroxyl groups is 1. The number of carbonyl (C=O) groups is 2. The zero-order chi connectivity index (χ0) is 28.4. The van der Waals surface area contributed by atoms with Gasteiger partial charge in [-0.2, -0.15) is 5.10 Å². The second-order valence-corrected chi connectivity index (χ2v) is 11.4. The van der Waals surface area contributed by atoms with Crippen molar-refractivity contribution in [2.75, 3.05) is 6.54 Å². The highest BCUT2D eigenvalue weighted by Gasteiger charge is 2.42. The Morgan fingerprint density at radius 2 is 1.90 bits per heavy atom. The first-order valence-electron chi connectivity index (χ1n) is 13.3. The predicted molar refractivity (Wildman–Crippen MR) is 153 cm³/mol. The van der Waals surface area contributed by atoms with Gasteiger partial charge in [-0.05, 0) is 41.7 Å². The first kappa shape index (κ1) is 27.5. The lowest BCUT2D eigenvalue weighted by atomic mass is 10.0. The van der Waals surface area contributed by atoms with Gasteiger partial charge in [0, 0.05) is 31.3 Å². The lowest BCUT2D eigenvalue weighted by molar-refractivity contribution is -0.142. The number of aliphatic hydroxyl groups excluding tert-OH is 1. The monoisotopic (exact) mass is 559 g/mol. The highest BCUT2D eigenvalue weighted by Crippen LogP contribution is 2.30. The van der Waals surface area contributed by atoms with Gasteiger partial charge in [-0.3, -0.25) is 14.3 Å². The first-order chi connectivity index (χ1) is 19.2. The van der Waals surface area contributed by atoms with Crippen molar-refractivity contribution in [3.05, 3.63) is 77.7 Å². The summed E-state index contributed by atoms with van der Waals surface area (Å²) in [4.78, 5) is 34.0. The summed E-state index contributed by atoms with van der Waals surface area (Å²) >= 11 is 1.59. The van der Waals surface area contributed by atoms with E-state index in [1.807, 2.05) is 56.6 Å². The standard InChI is InChI=1S/C30H33N5O4S/c1-18(2)27(35-15-23(14-33-35)22-5-4-6-24(36)11-22)30(39)34-16-25(37)12-26(34)29(38)31-13-20-7-9-21(10-8-20)28-19(3)32-17-40-28/h4-11,14-15,17-18,25-27,36-37H,12-13,16H2,1-3H3,(H,31,38)/t25-,26+,27-/m1/s1. The summed E-state index contributed by atoms with van der Waals surface area (Å²) in [5.41, 5.74) is 6.38. The van der Waals surface area contributed by atoms with Crippen LogP contribution >= 0.6 is 11.3 Å². The van der Waals surface area contributed by atoms with Crippen LogP contribution in [-0.4, -0.2) is 60.4 Å². The number of hydrogen-bond donors (Lipinski definition) is 3. The number of rotatable bonds is 8. The van der Waals surface area contributed by atoms with Gasteiger partial charge >= 0.3 is 0 Å². The van der Waals surface area contributed by atoms with E-state index in [0.29, 0.717) is 6.54 Å². The van der Waals surface area contributed by atoms with E-state index in [9.17, 15) is 19.8 Å². The number of amides is 2. The van der Waals surface area contributed by atoms with Crippen molar-refractivity contribution in [1.29, 1.82) is 0 Å². The average Bonchev–Trinajstić information content (AvgIpc) is 3.68. The van der Waals surface area contributed by atoms with Crippen LogP contribution in [0.3, 0.4) is 0 Å². The highest BCUT2D eigenvalue weighted by atomic mass is 32.1. The maximum Gasteiger partial charge on any atom is 0.248 e. The second kappa shape index (κ2) is 11.6. The Bertz CT molecular complexity index is 1500. The summed E-state index contributed by atoms with van der Waals surface area (Å²) in [6, 6.07) is 13.4. The predicted octanol–water partition coefficient (Wildman–Crippen LogP) is 4.16. The number of β-amino-alcohol motifs (C(OH)–C–C–N with tert-alkyl or cyclic N) is 1. The van der Waals surface area contributed by atoms with Crippen molar-refractivity contribution in [2.24, 2.45) is 5.92 Å². The Morgan fingerprint density at radius 3 is 2.58 bits per heavy atom. The maximum absolute atomic E-state index is 13.8. The fraction of sp³-hybridized carbons (Fsp3) is 0.333. The molecule has 1 aliphatic rings. The molecular weight excluding hydrogens is 526 g/mol. The molecule has 3 heterocycles. The van der Waals surface area contributed by atoms with Crippen molar-refractivity contribution in [2.45, 2.75) is 51.9 Å². The molecule has 208 valence electrons. The third-order valence-corrected chi connectivity index (χ3v) is 8.22. The van der Waals surface area contributed by atoms with E-state index in [1.165, 1.54) is 4.90 Å². The van der Waals surface area contributed by atoms with Crippen LogP contribution in [-0.2, 0) is 16.1 Å². The molecule has 1 aliphatic heterocycles. The Labute approximate surface area is 237 Å². The van der Waals surface area contributed by atoms with Gasteiger partial charge in [-0.1, -0.05) is 50.2 Å². The van der Waals surface area contributed by atoms with Gasteiger partial charge in [0.05, 0.1) is 28.4 Å². The fourth-order valence-electron chi connectivity index (χ4n) is 5.16. The van der Waals surface area contributed by atoms with Gasteiger partial charge in [0.1, 0.15) is 17.8 Å². The number of hydrogen-bond acceptors (Lipinski definition) is 7. The molecule has 0 saturated carbocycles. The molecule has 0 aliphatic carbocycles. The lowest BCUT2D eigenvalue weighted by Crippen LogP contribution is -2.49. The smallest absolute Gasteiger partial charge is 0.248 e. The Morgan fingerprint density at radius 1 is 1.12 bits per heavy atom. The van der Waals surface area contributed by atoms with E-state index in [-0.39, 0.29) is 36.4 Å². The summed E-state index contributed by atoms with van der Waals surface area (Å²) in [7, 11) is 0. The topological polar surface area (TPSA) is 121 Å². The molecule has 5 rings (SSSR count). The molecule has 0 unspecified atom stereocenters. The van der Waals surface area contributed by atoms with E-state index in [0.717, 1.165) is 32.8 Å². The third kappa shape index (κ3) is 5.78. The average molecular weight is 560 g/mol. The lowest BCUT2D eigenvalue weighted by Gasteiger charge is -2.30. The van der Waals surface area contributed by atoms with E-state index in [4.69, 9.17) is 0 Å². The van der Waals surface area contributed by atoms with Crippen molar-refractivity contribution in [1.82, 2.24) is 25.0 Å². The number of carbonyl (C=O) groups excluding carboxylic acids is 2. The molecule has 4 aromatic rings. The SMILES string of the molecule is Cc1ncsc1-c1ccc(CNC(=O)[C@@H]2C[C@@H](O)CN2C(=O)[C@@H](C(C)C)n2cc(-c3cccc(O)c3)cn2)cc1. The largest absolute Gasteiger partial charge is 0.508 e.